The van der Waals surface area contributed by atoms with E-state index in [4.69, 9.17) is 11.0 Å². The third-order valence-electron chi connectivity index (χ3n) is 2.45. The predicted octanol–water partition coefficient (Wildman–Crippen LogP) is 1.56. The van der Waals surface area contributed by atoms with Crippen molar-refractivity contribution in [3.8, 4) is 6.07 Å². The second-order valence-corrected chi connectivity index (χ2v) is 4.97. The molecule has 1 aromatic heterocycles. The number of nitriles is 1. The summed E-state index contributed by atoms with van der Waals surface area (Å²) < 4.78 is 0. The summed E-state index contributed by atoms with van der Waals surface area (Å²) in [5, 5.41) is 9.60. The lowest BCUT2D eigenvalue weighted by Gasteiger charge is -2.05. The van der Waals surface area contributed by atoms with Gasteiger partial charge in [-0.25, -0.2) is 4.98 Å². The first-order valence-electron chi connectivity index (χ1n) is 5.61. The molecule has 2 aromatic rings. The number of H-pyrrole nitrogens is 1. The molecule has 0 spiro atoms. The van der Waals surface area contributed by atoms with Crippen molar-refractivity contribution in [2.75, 3.05) is 0 Å². The van der Waals surface area contributed by atoms with E-state index in [9.17, 15) is 4.79 Å². The molecule has 0 aliphatic heterocycles. The average Bonchev–Trinajstić information content (AvgIpc) is 2.38. The second kappa shape index (κ2) is 5.69. The zero-order valence-electron chi connectivity index (χ0n) is 10.3. The smallest absolute Gasteiger partial charge is 0.251 e. The van der Waals surface area contributed by atoms with Crippen LogP contribution in [0.3, 0.4) is 0 Å². The number of rotatable bonds is 3. The van der Waals surface area contributed by atoms with Crippen molar-refractivity contribution in [2.24, 2.45) is 5.73 Å². The van der Waals surface area contributed by atoms with Crippen molar-refractivity contribution >= 4 is 11.8 Å². The van der Waals surface area contributed by atoms with E-state index in [0.717, 1.165) is 10.5 Å². The van der Waals surface area contributed by atoms with Crippen LogP contribution in [0.15, 0.2) is 39.1 Å². The topological polar surface area (TPSA) is 95.6 Å². The summed E-state index contributed by atoms with van der Waals surface area (Å²) in [6.45, 7) is 2.14. The van der Waals surface area contributed by atoms with Gasteiger partial charge in [-0.15, -0.1) is 0 Å². The number of nitrogens with zero attached hydrogens (tertiary/aromatic N) is 2. The fraction of sp³-hybridized carbons (Fsp3) is 0.154. The minimum Gasteiger partial charge on any atom is -0.326 e. The molecule has 0 fully saturated rings. The van der Waals surface area contributed by atoms with E-state index in [1.54, 1.807) is 13.0 Å². The number of nitrogens with two attached hydrogens (primary N) is 1. The van der Waals surface area contributed by atoms with Crippen LogP contribution in [0.1, 0.15) is 16.8 Å². The van der Waals surface area contributed by atoms with E-state index < -0.39 is 0 Å². The van der Waals surface area contributed by atoms with Gasteiger partial charge in [-0.05, 0) is 24.6 Å². The summed E-state index contributed by atoms with van der Waals surface area (Å²) in [6, 6.07) is 8.96. The number of hydrogen-bond acceptors (Lipinski definition) is 5. The Bertz CT molecular complexity index is 703. The van der Waals surface area contributed by atoms with Crippen LogP contribution >= 0.6 is 11.8 Å². The van der Waals surface area contributed by atoms with E-state index in [2.05, 4.69) is 16.0 Å². The molecule has 0 saturated carbocycles. The molecular formula is C13H12N4OS. The second-order valence-electron chi connectivity index (χ2n) is 3.94. The van der Waals surface area contributed by atoms with Gasteiger partial charge in [0.15, 0.2) is 5.16 Å². The van der Waals surface area contributed by atoms with Gasteiger partial charge in [0.2, 0.25) is 0 Å². The van der Waals surface area contributed by atoms with Crippen LogP contribution in [-0.2, 0) is 6.54 Å². The summed E-state index contributed by atoms with van der Waals surface area (Å²) in [7, 11) is 0. The Kier molecular flexibility index (Phi) is 4.00. The highest BCUT2D eigenvalue weighted by atomic mass is 32.2. The largest absolute Gasteiger partial charge is 0.326 e. The van der Waals surface area contributed by atoms with E-state index in [1.807, 2.05) is 12.1 Å². The maximum absolute atomic E-state index is 11.4. The molecule has 1 aromatic carbocycles. The number of aryl methyl sites for hydroxylation is 1. The van der Waals surface area contributed by atoms with E-state index in [0.29, 0.717) is 23.0 Å². The van der Waals surface area contributed by atoms with Crippen LogP contribution in [0.4, 0.5) is 0 Å². The number of benzene rings is 1. The Morgan fingerprint density at radius 3 is 2.89 bits per heavy atom. The summed E-state index contributed by atoms with van der Waals surface area (Å²) >= 11 is 1.26. The SMILES string of the molecule is Cc1cc(=O)[nH]c(Sc2ccc(CN)cc2C#N)n1. The third-order valence-corrected chi connectivity index (χ3v) is 3.42. The van der Waals surface area contributed by atoms with Gasteiger partial charge in [0.25, 0.3) is 5.56 Å². The molecule has 19 heavy (non-hydrogen) atoms. The van der Waals surface area contributed by atoms with Gasteiger partial charge < -0.3 is 10.7 Å². The standard InChI is InChI=1S/C13H12N4OS/c1-8-4-12(18)17-13(16-8)19-11-3-2-9(6-14)5-10(11)7-15/h2-5H,6,14H2,1H3,(H,16,17,18). The molecule has 96 valence electrons. The normalized spacial score (nSPS) is 10.2. The summed E-state index contributed by atoms with van der Waals surface area (Å²) in [6.07, 6.45) is 0. The highest BCUT2D eigenvalue weighted by Crippen LogP contribution is 2.27. The molecule has 1 heterocycles. The Balaban J connectivity index is 2.38. The molecule has 0 radical (unpaired) electrons. The maximum atomic E-state index is 11.4. The Morgan fingerprint density at radius 1 is 1.47 bits per heavy atom. The summed E-state index contributed by atoms with van der Waals surface area (Å²) in [5.41, 5.74) is 7.40. The Morgan fingerprint density at radius 2 is 2.26 bits per heavy atom. The first kappa shape index (κ1) is 13.3. The van der Waals surface area contributed by atoms with Crippen molar-refractivity contribution in [1.29, 1.82) is 5.26 Å². The monoisotopic (exact) mass is 272 g/mol. The van der Waals surface area contributed by atoms with Crippen LogP contribution in [0.5, 0.6) is 0 Å². The molecule has 0 aliphatic rings. The number of hydrogen-bond donors (Lipinski definition) is 2. The average molecular weight is 272 g/mol. The van der Waals surface area contributed by atoms with Crippen LogP contribution in [0.25, 0.3) is 0 Å². The molecule has 0 atom stereocenters. The van der Waals surface area contributed by atoms with Crippen molar-refractivity contribution in [2.45, 2.75) is 23.5 Å². The summed E-state index contributed by atoms with van der Waals surface area (Å²) in [4.78, 5) is 19.0. The third kappa shape index (κ3) is 3.22. The lowest BCUT2D eigenvalue weighted by atomic mass is 10.1. The van der Waals surface area contributed by atoms with Crippen molar-refractivity contribution in [3.63, 3.8) is 0 Å². The molecule has 0 unspecified atom stereocenters. The molecular weight excluding hydrogens is 260 g/mol. The molecule has 3 N–H and O–H groups in total. The lowest BCUT2D eigenvalue weighted by molar-refractivity contribution is 0.905. The maximum Gasteiger partial charge on any atom is 0.251 e. The molecule has 6 heteroatoms. The zero-order valence-corrected chi connectivity index (χ0v) is 11.1. The number of aromatic amines is 1. The van der Waals surface area contributed by atoms with E-state index in [-0.39, 0.29) is 5.56 Å². The lowest BCUT2D eigenvalue weighted by Crippen LogP contribution is -2.08. The number of nitrogens with one attached hydrogen (secondary N) is 1. The van der Waals surface area contributed by atoms with Crippen LogP contribution in [-0.4, -0.2) is 9.97 Å². The molecule has 0 aliphatic carbocycles. The van der Waals surface area contributed by atoms with Crippen LogP contribution in [0.2, 0.25) is 0 Å². The Hall–Kier alpha value is -2.10. The minimum atomic E-state index is -0.202. The van der Waals surface area contributed by atoms with Crippen LogP contribution < -0.4 is 11.3 Å². The highest BCUT2D eigenvalue weighted by molar-refractivity contribution is 7.99. The Labute approximate surface area is 114 Å². The van der Waals surface area contributed by atoms with Crippen molar-refractivity contribution in [3.05, 3.63) is 51.4 Å². The zero-order chi connectivity index (χ0) is 13.8. The fourth-order valence-corrected chi connectivity index (χ4v) is 2.48. The van der Waals surface area contributed by atoms with E-state index >= 15 is 0 Å². The molecule has 5 nitrogen and oxygen atoms in total. The van der Waals surface area contributed by atoms with Gasteiger partial charge in [-0.3, -0.25) is 4.79 Å². The van der Waals surface area contributed by atoms with Crippen molar-refractivity contribution < 1.29 is 0 Å². The van der Waals surface area contributed by atoms with Gasteiger partial charge in [-0.1, -0.05) is 17.8 Å². The first-order chi connectivity index (χ1) is 9.12. The molecule has 2 rings (SSSR count). The summed E-state index contributed by atoms with van der Waals surface area (Å²) in [5.74, 6) is 0. The highest BCUT2D eigenvalue weighted by Gasteiger charge is 2.07. The molecule has 0 bridgehead atoms. The quantitative estimate of drug-likeness (QED) is 0.827. The van der Waals surface area contributed by atoms with Gasteiger partial charge in [0.1, 0.15) is 6.07 Å². The van der Waals surface area contributed by atoms with E-state index in [1.165, 1.54) is 17.8 Å². The van der Waals surface area contributed by atoms with Gasteiger partial charge in [0.05, 0.1) is 5.56 Å². The minimum absolute atomic E-state index is 0.202. The predicted molar refractivity (Wildman–Crippen MR) is 72.8 cm³/mol. The molecule has 0 amide bonds. The van der Waals surface area contributed by atoms with Gasteiger partial charge in [-0.2, -0.15) is 5.26 Å². The van der Waals surface area contributed by atoms with Crippen molar-refractivity contribution in [1.82, 2.24) is 9.97 Å². The first-order valence-corrected chi connectivity index (χ1v) is 6.43. The fourth-order valence-electron chi connectivity index (χ4n) is 1.58. The van der Waals surface area contributed by atoms with Gasteiger partial charge in [0, 0.05) is 23.2 Å². The molecule has 0 saturated heterocycles. The number of aromatic nitrogens is 2. The van der Waals surface area contributed by atoms with Gasteiger partial charge >= 0.3 is 0 Å². The van der Waals surface area contributed by atoms with Crippen LogP contribution in [0, 0.1) is 18.3 Å².